The molecule has 0 aromatic heterocycles. The Morgan fingerprint density at radius 1 is 1.23 bits per heavy atom. The molecule has 6 nitrogen and oxygen atoms in total. The molecule has 0 radical (unpaired) electrons. The predicted molar refractivity (Wildman–Crippen MR) is 97.9 cm³/mol. The van der Waals surface area contributed by atoms with Crippen LogP contribution in [-0.4, -0.2) is 23.6 Å². The first-order valence-electron chi connectivity index (χ1n) is 7.90. The van der Waals surface area contributed by atoms with Crippen molar-refractivity contribution in [3.05, 3.63) is 58.1 Å². The quantitative estimate of drug-likeness (QED) is 0.749. The molecule has 1 amide bonds. The second-order valence-electron chi connectivity index (χ2n) is 6.09. The minimum atomic E-state index is -1.88. The third-order valence-corrected chi connectivity index (χ3v) is 4.83. The van der Waals surface area contributed by atoms with Crippen LogP contribution in [0.5, 0.6) is 11.5 Å². The molecule has 0 spiro atoms. The summed E-state index contributed by atoms with van der Waals surface area (Å²) in [6.07, 6.45) is 2.62. The molecular formula is C19H14BrNO5. The van der Waals surface area contributed by atoms with Gasteiger partial charge in [-0.1, -0.05) is 28.1 Å². The van der Waals surface area contributed by atoms with Crippen molar-refractivity contribution >= 4 is 39.4 Å². The largest absolute Gasteiger partial charge is 0.454 e. The normalized spacial score (nSPS) is 20.3. The van der Waals surface area contributed by atoms with Gasteiger partial charge in [-0.2, -0.15) is 0 Å². The van der Waals surface area contributed by atoms with Gasteiger partial charge in [0.2, 0.25) is 6.79 Å². The summed E-state index contributed by atoms with van der Waals surface area (Å²) in [6, 6.07) is 10.4. The van der Waals surface area contributed by atoms with E-state index in [2.05, 4.69) is 21.2 Å². The summed E-state index contributed by atoms with van der Waals surface area (Å²) < 4.78 is 11.3. The van der Waals surface area contributed by atoms with Crippen molar-refractivity contribution in [3.8, 4) is 11.5 Å². The molecule has 0 aliphatic carbocycles. The molecule has 132 valence electrons. The molecule has 2 aliphatic rings. The highest BCUT2D eigenvalue weighted by atomic mass is 79.9. The number of anilines is 1. The molecule has 0 fully saturated rings. The van der Waals surface area contributed by atoms with E-state index in [9.17, 15) is 14.7 Å². The van der Waals surface area contributed by atoms with E-state index in [1.54, 1.807) is 42.5 Å². The number of aliphatic hydroxyl groups is 1. The standard InChI is InChI=1S/C19H14BrNO5/c20-12-3-5-15-14(8-12)19(24,18(23)21-15)9-13(22)4-1-11-2-6-16-17(7-11)26-10-25-16/h1-8,24H,9-10H2,(H,21,23)/b4-1+. The molecule has 2 aromatic rings. The van der Waals surface area contributed by atoms with Gasteiger partial charge in [-0.15, -0.1) is 0 Å². The summed E-state index contributed by atoms with van der Waals surface area (Å²) in [7, 11) is 0. The number of ketones is 1. The SMILES string of the molecule is O=C(/C=C/c1ccc2c(c1)OCO2)CC1(O)C(=O)Nc2ccc(Br)cc21. The predicted octanol–water partition coefficient (Wildman–Crippen LogP) is 2.99. The molecule has 0 saturated carbocycles. The Labute approximate surface area is 157 Å². The van der Waals surface area contributed by atoms with E-state index in [0.717, 1.165) is 10.0 Å². The lowest BCUT2D eigenvalue weighted by Crippen LogP contribution is -2.36. The van der Waals surface area contributed by atoms with E-state index in [4.69, 9.17) is 9.47 Å². The molecule has 2 aliphatic heterocycles. The number of nitrogens with one attached hydrogen (secondary N) is 1. The summed E-state index contributed by atoms with van der Waals surface area (Å²) in [4.78, 5) is 24.6. The number of rotatable bonds is 4. The number of benzene rings is 2. The van der Waals surface area contributed by atoms with Gasteiger partial charge in [-0.05, 0) is 42.0 Å². The fourth-order valence-corrected chi connectivity index (χ4v) is 3.37. The Morgan fingerprint density at radius 2 is 2.04 bits per heavy atom. The number of allylic oxidation sites excluding steroid dienone is 1. The second kappa shape index (κ2) is 6.26. The average molecular weight is 416 g/mol. The van der Waals surface area contributed by atoms with Crippen molar-refractivity contribution in [3.63, 3.8) is 0 Å². The summed E-state index contributed by atoms with van der Waals surface area (Å²) >= 11 is 3.32. The Bertz CT molecular complexity index is 955. The van der Waals surface area contributed by atoms with Crippen LogP contribution in [0.2, 0.25) is 0 Å². The maximum absolute atomic E-state index is 12.4. The number of hydrogen-bond acceptors (Lipinski definition) is 5. The summed E-state index contributed by atoms with van der Waals surface area (Å²) in [5, 5.41) is 13.4. The Hall–Kier alpha value is -2.64. The highest BCUT2D eigenvalue weighted by Gasteiger charge is 2.46. The molecule has 7 heteroatoms. The molecule has 0 bridgehead atoms. The van der Waals surface area contributed by atoms with Crippen LogP contribution < -0.4 is 14.8 Å². The van der Waals surface area contributed by atoms with Gasteiger partial charge in [0.25, 0.3) is 5.91 Å². The van der Waals surface area contributed by atoms with Crippen LogP contribution in [0.1, 0.15) is 17.5 Å². The molecule has 0 saturated heterocycles. The summed E-state index contributed by atoms with van der Waals surface area (Å²) in [5.74, 6) is 0.309. The zero-order valence-electron chi connectivity index (χ0n) is 13.5. The van der Waals surface area contributed by atoms with Crippen molar-refractivity contribution in [2.24, 2.45) is 0 Å². The van der Waals surface area contributed by atoms with E-state index in [-0.39, 0.29) is 19.0 Å². The summed E-state index contributed by atoms with van der Waals surface area (Å²) in [5.41, 5.74) is -0.223. The Morgan fingerprint density at radius 3 is 2.88 bits per heavy atom. The molecule has 2 N–H and O–H groups in total. The van der Waals surface area contributed by atoms with Crippen LogP contribution in [0.3, 0.4) is 0 Å². The zero-order chi connectivity index (χ0) is 18.3. The van der Waals surface area contributed by atoms with Crippen molar-refractivity contribution in [2.45, 2.75) is 12.0 Å². The minimum absolute atomic E-state index is 0.179. The number of hydrogen-bond donors (Lipinski definition) is 2. The number of carbonyl (C=O) groups is 2. The molecule has 1 atom stereocenters. The van der Waals surface area contributed by atoms with E-state index in [1.165, 1.54) is 6.08 Å². The monoisotopic (exact) mass is 415 g/mol. The Balaban J connectivity index is 1.53. The van der Waals surface area contributed by atoms with Crippen LogP contribution in [0.25, 0.3) is 6.08 Å². The van der Waals surface area contributed by atoms with Gasteiger partial charge in [0.05, 0.1) is 6.42 Å². The maximum atomic E-state index is 12.4. The van der Waals surface area contributed by atoms with E-state index in [0.29, 0.717) is 22.7 Å². The van der Waals surface area contributed by atoms with Crippen molar-refractivity contribution in [1.82, 2.24) is 0 Å². The van der Waals surface area contributed by atoms with Crippen LogP contribution in [-0.2, 0) is 15.2 Å². The van der Waals surface area contributed by atoms with Gasteiger partial charge < -0.3 is 19.9 Å². The number of halogens is 1. The molecule has 4 rings (SSSR count). The van der Waals surface area contributed by atoms with Crippen molar-refractivity contribution < 1.29 is 24.2 Å². The average Bonchev–Trinajstić information content (AvgIpc) is 3.17. The molecule has 2 aromatic carbocycles. The van der Waals surface area contributed by atoms with E-state index < -0.39 is 11.5 Å². The lowest BCUT2D eigenvalue weighted by atomic mass is 9.90. The number of fused-ring (bicyclic) bond motifs is 2. The molecule has 2 heterocycles. The van der Waals surface area contributed by atoms with Crippen LogP contribution in [0.4, 0.5) is 5.69 Å². The maximum Gasteiger partial charge on any atom is 0.261 e. The lowest BCUT2D eigenvalue weighted by molar-refractivity contribution is -0.138. The zero-order valence-corrected chi connectivity index (χ0v) is 15.1. The number of carbonyl (C=O) groups excluding carboxylic acids is 2. The topological polar surface area (TPSA) is 84.9 Å². The first-order valence-corrected chi connectivity index (χ1v) is 8.69. The number of amides is 1. The van der Waals surface area contributed by atoms with Gasteiger partial charge >= 0.3 is 0 Å². The molecular weight excluding hydrogens is 402 g/mol. The van der Waals surface area contributed by atoms with Crippen LogP contribution >= 0.6 is 15.9 Å². The van der Waals surface area contributed by atoms with Crippen LogP contribution in [0.15, 0.2) is 46.9 Å². The molecule has 1 unspecified atom stereocenters. The second-order valence-corrected chi connectivity index (χ2v) is 7.01. The summed E-state index contributed by atoms with van der Waals surface area (Å²) in [6.45, 7) is 0.179. The van der Waals surface area contributed by atoms with Gasteiger partial charge in [0.15, 0.2) is 22.9 Å². The third kappa shape index (κ3) is 2.89. The minimum Gasteiger partial charge on any atom is -0.454 e. The fraction of sp³-hybridized carbons (Fsp3) is 0.158. The van der Waals surface area contributed by atoms with E-state index >= 15 is 0 Å². The van der Waals surface area contributed by atoms with Gasteiger partial charge in [-0.3, -0.25) is 9.59 Å². The van der Waals surface area contributed by atoms with Crippen LogP contribution in [0, 0.1) is 0 Å². The van der Waals surface area contributed by atoms with Gasteiger partial charge in [-0.25, -0.2) is 0 Å². The van der Waals surface area contributed by atoms with Gasteiger partial charge in [0, 0.05) is 15.7 Å². The highest BCUT2D eigenvalue weighted by molar-refractivity contribution is 9.10. The fourth-order valence-electron chi connectivity index (χ4n) is 3.01. The smallest absolute Gasteiger partial charge is 0.261 e. The first-order chi connectivity index (χ1) is 12.5. The lowest BCUT2D eigenvalue weighted by Gasteiger charge is -2.19. The Kier molecular flexibility index (Phi) is 4.05. The van der Waals surface area contributed by atoms with Crippen molar-refractivity contribution in [1.29, 1.82) is 0 Å². The molecule has 26 heavy (non-hydrogen) atoms. The third-order valence-electron chi connectivity index (χ3n) is 4.34. The van der Waals surface area contributed by atoms with Crippen molar-refractivity contribution in [2.75, 3.05) is 12.1 Å². The van der Waals surface area contributed by atoms with Gasteiger partial charge in [0.1, 0.15) is 0 Å². The first kappa shape index (κ1) is 16.8. The highest BCUT2D eigenvalue weighted by Crippen LogP contribution is 2.40. The number of ether oxygens (including phenoxy) is 2. The van der Waals surface area contributed by atoms with E-state index in [1.807, 2.05) is 0 Å².